The Kier molecular flexibility index (Phi) is 25.4. The van der Waals surface area contributed by atoms with Gasteiger partial charge in [0.15, 0.2) is 0 Å². The smallest absolute Gasteiger partial charge is 0.412 e. The van der Waals surface area contributed by atoms with E-state index in [1.807, 2.05) is 0 Å². The van der Waals surface area contributed by atoms with Gasteiger partial charge in [0.2, 0.25) is 0 Å². The molecule has 6 heteroatoms. The molecule has 0 bridgehead atoms. The maximum absolute atomic E-state index is 8.25. The minimum absolute atomic E-state index is 0. The largest absolute Gasteiger partial charge is 3.00 e. The van der Waals surface area contributed by atoms with Crippen molar-refractivity contribution in [3.8, 4) is 0 Å². The van der Waals surface area contributed by atoms with Crippen molar-refractivity contribution in [2.45, 2.75) is 0 Å². The van der Waals surface area contributed by atoms with E-state index in [1.165, 1.54) is 0 Å². The predicted molar refractivity (Wildman–Crippen MR) is 14.0 cm³/mol. The van der Waals surface area contributed by atoms with Crippen LogP contribution in [-0.4, -0.2) is 10.6 Å². The Hall–Kier alpha value is -0.308. The van der Waals surface area contributed by atoms with Crippen molar-refractivity contribution in [3.63, 3.8) is 0 Å². The molecule has 0 amide bonds. The Labute approximate surface area is 44.1 Å². The Balaban J connectivity index is -0.0000000450. The molecule has 0 aromatic carbocycles. The van der Waals surface area contributed by atoms with Gasteiger partial charge in [0.25, 0.3) is 0 Å². The molecule has 0 fully saturated rings. The summed E-state index contributed by atoms with van der Waals surface area (Å²) in [5.41, 5.74) is 0. The van der Waals surface area contributed by atoms with Crippen LogP contribution in [0.15, 0.2) is 0 Å². The van der Waals surface area contributed by atoms with Crippen LogP contribution in [0.1, 0.15) is 0 Å². The Morgan fingerprint density at radius 1 is 1.33 bits per heavy atom. The van der Waals surface area contributed by atoms with Gasteiger partial charge in [-0.2, -0.15) is 0 Å². The molecular weight excluding hydrogens is 130 g/mol. The second-order valence-electron chi connectivity index (χ2n) is 0.224. The second-order valence-corrected chi connectivity index (χ2v) is 0.224. The minimum Gasteiger partial charge on any atom is -0.412 e. The number of hydrogen-bond acceptors (Lipinski definition) is 3. The molecule has 0 aromatic rings. The van der Waals surface area contributed by atoms with Crippen molar-refractivity contribution < 1.29 is 27.9 Å². The monoisotopic (exact) mass is 132 g/mol. The third-order valence-corrected chi connectivity index (χ3v) is 0. The quantitative estimate of drug-likeness (QED) is 0.310. The molecule has 0 aliphatic carbocycles. The van der Waals surface area contributed by atoms with E-state index in [2.05, 4.69) is 0 Å². The zero-order valence-electron chi connectivity index (χ0n) is 2.58. The van der Waals surface area contributed by atoms with Crippen molar-refractivity contribution in [1.29, 1.82) is 0 Å². The van der Waals surface area contributed by atoms with E-state index < -0.39 is 5.09 Å². The molecule has 35 valence electrons. The summed E-state index contributed by atoms with van der Waals surface area (Å²) in [4.78, 5) is 8.25. The fourth-order valence-electron chi connectivity index (χ4n) is 0. The fraction of sp³-hybridized carbons (Fsp3) is 0. The van der Waals surface area contributed by atoms with E-state index in [0.717, 1.165) is 0 Å². The van der Waals surface area contributed by atoms with Crippen molar-refractivity contribution in [2.75, 3.05) is 0 Å². The molecular formula is H2CrNO4+2. The molecule has 0 rings (SSSR count). The van der Waals surface area contributed by atoms with Gasteiger partial charge in [0, 0.05) is 0 Å². The fourth-order valence-corrected chi connectivity index (χ4v) is 0. The summed E-state index contributed by atoms with van der Waals surface area (Å²) >= 11 is 0. The molecule has 1 radical (unpaired) electrons. The molecule has 0 aliphatic rings. The third kappa shape index (κ3) is 283. The van der Waals surface area contributed by atoms with Crippen LogP contribution in [0.4, 0.5) is 0 Å². The van der Waals surface area contributed by atoms with Crippen LogP contribution >= 0.6 is 0 Å². The predicted octanol–water partition coefficient (Wildman–Crippen LogP) is -1.07. The molecule has 0 aromatic heterocycles. The van der Waals surface area contributed by atoms with Crippen molar-refractivity contribution in [3.05, 3.63) is 15.3 Å². The zero-order valence-corrected chi connectivity index (χ0v) is 3.86. The van der Waals surface area contributed by atoms with Gasteiger partial charge in [-0.3, -0.25) is 0 Å². The van der Waals surface area contributed by atoms with E-state index in [4.69, 9.17) is 15.3 Å². The van der Waals surface area contributed by atoms with Crippen molar-refractivity contribution in [1.82, 2.24) is 0 Å². The van der Waals surface area contributed by atoms with Crippen LogP contribution in [0.25, 0.3) is 0 Å². The van der Waals surface area contributed by atoms with E-state index in [0.29, 0.717) is 0 Å². The van der Waals surface area contributed by atoms with Crippen LogP contribution in [0.2, 0.25) is 0 Å². The van der Waals surface area contributed by atoms with Crippen molar-refractivity contribution >= 4 is 0 Å². The topological polar surface area (TPSA) is 97.7 Å². The first-order valence-corrected chi connectivity index (χ1v) is 0.548. The first-order chi connectivity index (χ1) is 1.73. The van der Waals surface area contributed by atoms with E-state index in [-0.39, 0.29) is 22.8 Å². The molecule has 0 atom stereocenters. The van der Waals surface area contributed by atoms with Gasteiger partial charge < -0.3 is 20.8 Å². The number of nitrogens with zero attached hydrogens (tertiary/aromatic N) is 1. The molecule has 0 heterocycles. The molecule has 0 aliphatic heterocycles. The molecule has 0 spiro atoms. The SMILES string of the molecule is O.O=[N+]([O-])[O-].[Cr+3]. The van der Waals surface area contributed by atoms with Gasteiger partial charge >= 0.3 is 17.4 Å². The van der Waals surface area contributed by atoms with Gasteiger partial charge in [-0.25, -0.2) is 0 Å². The standard InChI is InChI=1S/Cr.NO3.H2O/c;2-1(3)4;/h;;1H2/q+3;-1;. The Bertz CT molecular complexity index is 30.5. The van der Waals surface area contributed by atoms with Crippen LogP contribution in [0, 0.1) is 15.3 Å². The normalized spacial score (nSPS) is 4.00. The van der Waals surface area contributed by atoms with Gasteiger partial charge in [0.1, 0.15) is 0 Å². The zero-order chi connectivity index (χ0) is 3.58. The summed E-state index contributed by atoms with van der Waals surface area (Å²) < 4.78 is 0. The van der Waals surface area contributed by atoms with Crippen LogP contribution in [0.5, 0.6) is 0 Å². The summed E-state index contributed by atoms with van der Waals surface area (Å²) in [5, 5.41) is 14.8. The Morgan fingerprint density at radius 3 is 1.33 bits per heavy atom. The summed E-state index contributed by atoms with van der Waals surface area (Å²) in [6.07, 6.45) is 0. The Morgan fingerprint density at radius 2 is 1.33 bits per heavy atom. The summed E-state index contributed by atoms with van der Waals surface area (Å²) in [6, 6.07) is 0. The van der Waals surface area contributed by atoms with Crippen molar-refractivity contribution in [2.24, 2.45) is 0 Å². The van der Waals surface area contributed by atoms with Crippen LogP contribution in [0.3, 0.4) is 0 Å². The minimum atomic E-state index is -1.75. The molecule has 0 saturated carbocycles. The molecule has 2 N–H and O–H groups in total. The average Bonchev–Trinajstić information content (AvgIpc) is 0.811. The van der Waals surface area contributed by atoms with Crippen LogP contribution in [-0.2, 0) is 17.4 Å². The van der Waals surface area contributed by atoms with Gasteiger partial charge in [-0.1, -0.05) is 0 Å². The average molecular weight is 132 g/mol. The molecule has 6 heavy (non-hydrogen) atoms. The summed E-state index contributed by atoms with van der Waals surface area (Å²) in [6.45, 7) is 0. The molecule has 0 saturated heterocycles. The summed E-state index contributed by atoms with van der Waals surface area (Å²) in [5.74, 6) is 0. The first-order valence-electron chi connectivity index (χ1n) is 0.548. The van der Waals surface area contributed by atoms with Crippen LogP contribution < -0.4 is 0 Å². The van der Waals surface area contributed by atoms with Gasteiger partial charge in [-0.15, -0.1) is 0 Å². The van der Waals surface area contributed by atoms with E-state index in [1.54, 1.807) is 0 Å². The second kappa shape index (κ2) is 8.83. The third-order valence-electron chi connectivity index (χ3n) is 0. The number of hydrogen-bond donors (Lipinski definition) is 0. The summed E-state index contributed by atoms with van der Waals surface area (Å²) in [7, 11) is 0. The number of rotatable bonds is 0. The maximum atomic E-state index is 8.25. The van der Waals surface area contributed by atoms with E-state index >= 15 is 0 Å². The maximum Gasteiger partial charge on any atom is 3.00 e. The van der Waals surface area contributed by atoms with Gasteiger partial charge in [-0.05, 0) is 0 Å². The first kappa shape index (κ1) is 17.3. The van der Waals surface area contributed by atoms with Gasteiger partial charge in [0.05, 0.1) is 5.09 Å². The van der Waals surface area contributed by atoms with E-state index in [9.17, 15) is 0 Å². The molecule has 0 unspecified atom stereocenters. The molecule has 5 nitrogen and oxygen atoms in total.